The van der Waals surface area contributed by atoms with E-state index in [1.165, 1.54) is 0 Å². The zero-order valence-corrected chi connectivity index (χ0v) is 13.3. The maximum atomic E-state index is 12.4. The molecule has 0 unspecified atom stereocenters. The van der Waals surface area contributed by atoms with E-state index in [1.807, 2.05) is 31.2 Å². The van der Waals surface area contributed by atoms with E-state index in [-0.39, 0.29) is 35.5 Å². The summed E-state index contributed by atoms with van der Waals surface area (Å²) in [6, 6.07) is 7.68. The van der Waals surface area contributed by atoms with Crippen molar-refractivity contribution in [3.8, 4) is 0 Å². The van der Waals surface area contributed by atoms with E-state index in [0.29, 0.717) is 0 Å². The molecule has 0 aliphatic carbocycles. The van der Waals surface area contributed by atoms with Crippen molar-refractivity contribution in [2.45, 2.75) is 25.8 Å². The van der Waals surface area contributed by atoms with Gasteiger partial charge in [0.1, 0.15) is 5.56 Å². The molecule has 2 aromatic rings. The molecule has 0 saturated carbocycles. The number of pyridine rings is 1. The summed E-state index contributed by atoms with van der Waals surface area (Å²) in [5.74, 6) is -0.272. The molecule has 1 fully saturated rings. The summed E-state index contributed by atoms with van der Waals surface area (Å²) in [5, 5.41) is 7.15. The van der Waals surface area contributed by atoms with Crippen LogP contribution in [-0.2, 0) is 0 Å². The van der Waals surface area contributed by atoms with Crippen molar-refractivity contribution in [2.75, 3.05) is 13.1 Å². The van der Waals surface area contributed by atoms with Crippen molar-refractivity contribution in [2.24, 2.45) is 0 Å². The normalized spacial score (nSPS) is 15.3. The Kier molecular flexibility index (Phi) is 5.21. The molecule has 6 heteroatoms. The highest BCUT2D eigenvalue weighted by Gasteiger charge is 2.20. The minimum Gasteiger partial charge on any atom is -0.349 e. The van der Waals surface area contributed by atoms with Gasteiger partial charge in [-0.1, -0.05) is 18.2 Å². The Morgan fingerprint density at radius 3 is 2.64 bits per heavy atom. The maximum Gasteiger partial charge on any atom is 0.261 e. The summed E-state index contributed by atoms with van der Waals surface area (Å²) < 4.78 is 0. The van der Waals surface area contributed by atoms with Crippen LogP contribution in [0.2, 0.25) is 0 Å². The highest BCUT2D eigenvalue weighted by Crippen LogP contribution is 2.17. The number of aryl methyl sites for hydroxylation is 1. The number of carbonyl (C=O) groups is 1. The Labute approximate surface area is 134 Å². The van der Waals surface area contributed by atoms with Gasteiger partial charge in [0.05, 0.1) is 0 Å². The van der Waals surface area contributed by atoms with Crippen LogP contribution >= 0.6 is 12.4 Å². The van der Waals surface area contributed by atoms with Gasteiger partial charge in [0.25, 0.3) is 11.5 Å². The molecular weight excluding hydrogens is 302 g/mol. The number of para-hydroxylation sites is 1. The molecule has 0 atom stereocenters. The highest BCUT2D eigenvalue weighted by atomic mass is 35.5. The van der Waals surface area contributed by atoms with Crippen molar-refractivity contribution >= 4 is 29.2 Å². The number of piperidine rings is 1. The molecule has 1 aliphatic rings. The van der Waals surface area contributed by atoms with E-state index in [9.17, 15) is 9.59 Å². The van der Waals surface area contributed by atoms with Gasteiger partial charge in [0.2, 0.25) is 0 Å². The molecule has 1 aromatic heterocycles. The van der Waals surface area contributed by atoms with Crippen LogP contribution in [0.4, 0.5) is 0 Å². The average molecular weight is 322 g/mol. The topological polar surface area (TPSA) is 74.0 Å². The number of carbonyl (C=O) groups excluding carboxylic acids is 1. The fourth-order valence-corrected chi connectivity index (χ4v) is 2.91. The summed E-state index contributed by atoms with van der Waals surface area (Å²) in [4.78, 5) is 27.4. The molecule has 3 rings (SSSR count). The Balaban J connectivity index is 0.00000176. The molecule has 5 nitrogen and oxygen atoms in total. The number of halogens is 1. The largest absolute Gasteiger partial charge is 0.349 e. The predicted octanol–water partition coefficient (Wildman–Crippen LogP) is 1.74. The number of fused-ring (bicyclic) bond motifs is 1. The molecule has 118 valence electrons. The lowest BCUT2D eigenvalue weighted by Crippen LogP contribution is -2.44. The first kappa shape index (κ1) is 16.5. The number of hydrogen-bond donors (Lipinski definition) is 3. The molecule has 1 aliphatic heterocycles. The third-order valence-electron chi connectivity index (χ3n) is 4.08. The first-order valence-corrected chi connectivity index (χ1v) is 7.30. The minimum absolute atomic E-state index is 0. The number of benzene rings is 1. The Morgan fingerprint density at radius 2 is 1.91 bits per heavy atom. The van der Waals surface area contributed by atoms with Crippen molar-refractivity contribution < 1.29 is 4.79 Å². The monoisotopic (exact) mass is 321 g/mol. The van der Waals surface area contributed by atoms with Gasteiger partial charge in [-0.2, -0.15) is 0 Å². The van der Waals surface area contributed by atoms with Crippen LogP contribution in [0.1, 0.15) is 28.8 Å². The maximum absolute atomic E-state index is 12.4. The fourth-order valence-electron chi connectivity index (χ4n) is 2.91. The lowest BCUT2D eigenvalue weighted by atomic mass is 10.0. The first-order valence-electron chi connectivity index (χ1n) is 7.30. The van der Waals surface area contributed by atoms with Crippen LogP contribution in [0.15, 0.2) is 29.1 Å². The second-order valence-corrected chi connectivity index (χ2v) is 5.50. The zero-order valence-electron chi connectivity index (χ0n) is 12.4. The molecule has 1 saturated heterocycles. The molecule has 0 bridgehead atoms. The third kappa shape index (κ3) is 3.15. The second kappa shape index (κ2) is 6.94. The molecule has 0 spiro atoms. The molecule has 0 radical (unpaired) electrons. The third-order valence-corrected chi connectivity index (χ3v) is 4.08. The van der Waals surface area contributed by atoms with Crippen LogP contribution in [0.5, 0.6) is 0 Å². The van der Waals surface area contributed by atoms with E-state index in [2.05, 4.69) is 15.6 Å². The van der Waals surface area contributed by atoms with Crippen molar-refractivity contribution in [1.82, 2.24) is 15.6 Å². The molecule has 3 N–H and O–H groups in total. The van der Waals surface area contributed by atoms with Gasteiger partial charge in [-0.3, -0.25) is 9.59 Å². The van der Waals surface area contributed by atoms with E-state index < -0.39 is 0 Å². The number of aromatic amines is 1. The van der Waals surface area contributed by atoms with E-state index >= 15 is 0 Å². The van der Waals surface area contributed by atoms with Gasteiger partial charge in [-0.05, 0) is 44.5 Å². The van der Waals surface area contributed by atoms with Crippen LogP contribution in [0, 0.1) is 6.92 Å². The molecule has 1 amide bonds. The SMILES string of the molecule is Cc1c(C(=O)NC2CCNCC2)c(=O)[nH]c2ccccc12.Cl. The van der Waals surface area contributed by atoms with Gasteiger partial charge in [0, 0.05) is 16.9 Å². The zero-order chi connectivity index (χ0) is 14.8. The molecular formula is C16H20ClN3O2. The van der Waals surface area contributed by atoms with Crippen molar-refractivity contribution in [3.63, 3.8) is 0 Å². The number of hydrogen-bond acceptors (Lipinski definition) is 3. The Hall–Kier alpha value is -1.85. The van der Waals surface area contributed by atoms with Crippen LogP contribution in [0.3, 0.4) is 0 Å². The number of nitrogens with one attached hydrogen (secondary N) is 3. The Bertz CT molecular complexity index is 736. The molecule has 2 heterocycles. The van der Waals surface area contributed by atoms with Gasteiger partial charge in [-0.25, -0.2) is 0 Å². The molecule has 22 heavy (non-hydrogen) atoms. The quantitative estimate of drug-likeness (QED) is 0.789. The van der Waals surface area contributed by atoms with Crippen LogP contribution in [0.25, 0.3) is 10.9 Å². The van der Waals surface area contributed by atoms with Gasteiger partial charge < -0.3 is 15.6 Å². The highest BCUT2D eigenvalue weighted by molar-refractivity contribution is 5.99. The number of amides is 1. The van der Waals surface area contributed by atoms with Crippen LogP contribution < -0.4 is 16.2 Å². The Morgan fingerprint density at radius 1 is 1.23 bits per heavy atom. The van der Waals surface area contributed by atoms with E-state index in [4.69, 9.17) is 0 Å². The lowest BCUT2D eigenvalue weighted by Gasteiger charge is -2.23. The van der Waals surface area contributed by atoms with Gasteiger partial charge in [0.15, 0.2) is 0 Å². The van der Waals surface area contributed by atoms with E-state index in [1.54, 1.807) is 0 Å². The van der Waals surface area contributed by atoms with E-state index in [0.717, 1.165) is 42.4 Å². The standard InChI is InChI=1S/C16H19N3O2.ClH/c1-10-12-4-2-3-5-13(12)19-16(21)14(10)15(20)18-11-6-8-17-9-7-11;/h2-5,11,17H,6-9H2,1H3,(H,18,20)(H,19,21);1H. The lowest BCUT2D eigenvalue weighted by molar-refractivity contribution is 0.0927. The fraction of sp³-hybridized carbons (Fsp3) is 0.375. The summed E-state index contributed by atoms with van der Waals surface area (Å²) in [6.07, 6.45) is 1.80. The summed E-state index contributed by atoms with van der Waals surface area (Å²) in [7, 11) is 0. The van der Waals surface area contributed by atoms with Crippen molar-refractivity contribution in [3.05, 3.63) is 45.7 Å². The summed E-state index contributed by atoms with van der Waals surface area (Å²) >= 11 is 0. The number of rotatable bonds is 2. The second-order valence-electron chi connectivity index (χ2n) is 5.50. The number of aromatic nitrogens is 1. The van der Waals surface area contributed by atoms with Gasteiger partial charge in [-0.15, -0.1) is 12.4 Å². The van der Waals surface area contributed by atoms with Gasteiger partial charge >= 0.3 is 0 Å². The predicted molar refractivity (Wildman–Crippen MR) is 89.9 cm³/mol. The number of H-pyrrole nitrogens is 1. The summed E-state index contributed by atoms with van der Waals surface area (Å²) in [5.41, 5.74) is 1.41. The van der Waals surface area contributed by atoms with Crippen molar-refractivity contribution in [1.29, 1.82) is 0 Å². The smallest absolute Gasteiger partial charge is 0.261 e. The summed E-state index contributed by atoms with van der Waals surface area (Å²) in [6.45, 7) is 3.63. The average Bonchev–Trinajstić information content (AvgIpc) is 2.48. The molecule has 1 aromatic carbocycles. The van der Waals surface area contributed by atoms with Crippen LogP contribution in [-0.4, -0.2) is 30.0 Å². The minimum atomic E-state index is -0.322. The first-order chi connectivity index (χ1) is 10.2.